The molecule has 0 amide bonds. The van der Waals surface area contributed by atoms with Crippen molar-refractivity contribution >= 4 is 11.6 Å². The Labute approximate surface area is 86.4 Å². The second-order valence-electron chi connectivity index (χ2n) is 2.93. The number of nitrogens with zero attached hydrogens (tertiary/aromatic N) is 1. The van der Waals surface area contributed by atoms with Gasteiger partial charge in [0.1, 0.15) is 11.9 Å². The van der Waals surface area contributed by atoms with E-state index in [9.17, 15) is 5.11 Å². The van der Waals surface area contributed by atoms with Gasteiger partial charge in [0, 0.05) is 17.4 Å². The number of aliphatic hydroxyl groups excluding tert-OH is 1. The first-order chi connectivity index (χ1) is 6.77. The molecule has 72 valence electrons. The first-order valence-electron chi connectivity index (χ1n) is 4.20. The molecular weight excluding hydrogens is 200 g/mol. The summed E-state index contributed by atoms with van der Waals surface area (Å²) in [5.41, 5.74) is 0.768. The van der Waals surface area contributed by atoms with Crippen molar-refractivity contribution in [3.63, 3.8) is 0 Å². The molecule has 0 spiro atoms. The predicted octanol–water partition coefficient (Wildman–Crippen LogP) is 2.14. The van der Waals surface area contributed by atoms with E-state index in [-0.39, 0.29) is 0 Å². The molecule has 1 aromatic carbocycles. The molecule has 1 aromatic heterocycles. The standard InChI is InChI=1S/C10H9ClN2O/c11-8-3-1-7(2-4-8)9(14)10-12-5-6-13-10/h1-6,9,14H,(H,12,13). The highest BCUT2D eigenvalue weighted by Gasteiger charge is 2.11. The summed E-state index contributed by atoms with van der Waals surface area (Å²) < 4.78 is 0. The molecule has 0 aliphatic heterocycles. The number of H-pyrrole nitrogens is 1. The molecule has 0 aliphatic carbocycles. The Hall–Kier alpha value is -1.32. The van der Waals surface area contributed by atoms with Crippen LogP contribution in [-0.4, -0.2) is 15.1 Å². The van der Waals surface area contributed by atoms with E-state index >= 15 is 0 Å². The maximum Gasteiger partial charge on any atom is 0.139 e. The predicted molar refractivity (Wildman–Crippen MR) is 54.1 cm³/mol. The molecule has 1 heterocycles. The average Bonchev–Trinajstić information content (AvgIpc) is 2.71. The second kappa shape index (κ2) is 3.82. The number of nitrogens with one attached hydrogen (secondary N) is 1. The zero-order valence-electron chi connectivity index (χ0n) is 7.31. The third kappa shape index (κ3) is 1.78. The van der Waals surface area contributed by atoms with Crippen LogP contribution < -0.4 is 0 Å². The van der Waals surface area contributed by atoms with Crippen molar-refractivity contribution in [2.75, 3.05) is 0 Å². The number of aliphatic hydroxyl groups is 1. The lowest BCUT2D eigenvalue weighted by Gasteiger charge is -2.07. The molecule has 4 heteroatoms. The van der Waals surface area contributed by atoms with Gasteiger partial charge in [-0.05, 0) is 17.7 Å². The van der Waals surface area contributed by atoms with Crippen molar-refractivity contribution in [3.05, 3.63) is 53.1 Å². The number of imidazole rings is 1. The van der Waals surface area contributed by atoms with Crippen molar-refractivity contribution in [1.82, 2.24) is 9.97 Å². The van der Waals surface area contributed by atoms with Gasteiger partial charge in [0.2, 0.25) is 0 Å². The van der Waals surface area contributed by atoms with Crippen LogP contribution in [0.5, 0.6) is 0 Å². The Morgan fingerprint density at radius 2 is 2.00 bits per heavy atom. The summed E-state index contributed by atoms with van der Waals surface area (Å²) in [5, 5.41) is 10.5. The van der Waals surface area contributed by atoms with E-state index in [1.165, 1.54) is 0 Å². The third-order valence-electron chi connectivity index (χ3n) is 1.96. The van der Waals surface area contributed by atoms with Crippen molar-refractivity contribution in [3.8, 4) is 0 Å². The fourth-order valence-corrected chi connectivity index (χ4v) is 1.36. The number of aromatic amines is 1. The van der Waals surface area contributed by atoms with Crippen molar-refractivity contribution in [2.45, 2.75) is 6.10 Å². The van der Waals surface area contributed by atoms with Crippen LogP contribution in [0.3, 0.4) is 0 Å². The minimum atomic E-state index is -0.720. The van der Waals surface area contributed by atoms with Gasteiger partial charge in [-0.1, -0.05) is 23.7 Å². The van der Waals surface area contributed by atoms with Crippen LogP contribution in [0.4, 0.5) is 0 Å². The van der Waals surface area contributed by atoms with E-state index in [4.69, 9.17) is 11.6 Å². The van der Waals surface area contributed by atoms with Crippen LogP contribution >= 0.6 is 11.6 Å². The van der Waals surface area contributed by atoms with E-state index in [0.29, 0.717) is 10.8 Å². The number of aromatic nitrogens is 2. The summed E-state index contributed by atoms with van der Waals surface area (Å²) in [7, 11) is 0. The topological polar surface area (TPSA) is 48.9 Å². The molecule has 2 N–H and O–H groups in total. The molecular formula is C10H9ClN2O. The Morgan fingerprint density at radius 1 is 1.29 bits per heavy atom. The summed E-state index contributed by atoms with van der Waals surface area (Å²) in [6, 6.07) is 7.02. The summed E-state index contributed by atoms with van der Waals surface area (Å²) in [6.45, 7) is 0. The summed E-state index contributed by atoms with van der Waals surface area (Å²) in [5.74, 6) is 0.535. The first kappa shape index (κ1) is 9.24. The monoisotopic (exact) mass is 208 g/mol. The van der Waals surface area contributed by atoms with E-state index in [1.807, 2.05) is 0 Å². The van der Waals surface area contributed by atoms with Gasteiger partial charge >= 0.3 is 0 Å². The zero-order valence-corrected chi connectivity index (χ0v) is 8.07. The molecule has 0 saturated heterocycles. The molecule has 0 aliphatic rings. The second-order valence-corrected chi connectivity index (χ2v) is 3.36. The summed E-state index contributed by atoms with van der Waals surface area (Å²) >= 11 is 5.74. The minimum absolute atomic E-state index is 0.535. The van der Waals surface area contributed by atoms with Crippen molar-refractivity contribution < 1.29 is 5.11 Å². The fourth-order valence-electron chi connectivity index (χ4n) is 1.23. The number of rotatable bonds is 2. The Morgan fingerprint density at radius 3 is 2.57 bits per heavy atom. The molecule has 0 radical (unpaired) electrons. The van der Waals surface area contributed by atoms with Gasteiger partial charge in [-0.2, -0.15) is 0 Å². The van der Waals surface area contributed by atoms with Gasteiger partial charge < -0.3 is 10.1 Å². The molecule has 1 unspecified atom stereocenters. The number of halogens is 1. The van der Waals surface area contributed by atoms with Crippen LogP contribution in [0, 0.1) is 0 Å². The first-order valence-corrected chi connectivity index (χ1v) is 4.58. The molecule has 0 fully saturated rings. The smallest absolute Gasteiger partial charge is 0.139 e. The van der Waals surface area contributed by atoms with Crippen LogP contribution in [0.2, 0.25) is 5.02 Å². The lowest BCUT2D eigenvalue weighted by Crippen LogP contribution is -2.01. The Balaban J connectivity index is 2.28. The van der Waals surface area contributed by atoms with Gasteiger partial charge in [0.15, 0.2) is 0 Å². The molecule has 3 nitrogen and oxygen atoms in total. The van der Waals surface area contributed by atoms with Crippen molar-refractivity contribution in [1.29, 1.82) is 0 Å². The van der Waals surface area contributed by atoms with E-state index in [0.717, 1.165) is 5.56 Å². The minimum Gasteiger partial charge on any atom is -0.380 e. The Bertz CT molecular complexity index is 397. The number of hydrogen-bond donors (Lipinski definition) is 2. The van der Waals surface area contributed by atoms with Gasteiger partial charge in [-0.3, -0.25) is 0 Å². The van der Waals surface area contributed by atoms with Gasteiger partial charge in [-0.15, -0.1) is 0 Å². The number of benzene rings is 1. The van der Waals surface area contributed by atoms with Crippen LogP contribution in [-0.2, 0) is 0 Å². The number of hydrogen-bond acceptors (Lipinski definition) is 2. The SMILES string of the molecule is OC(c1ccc(Cl)cc1)c1ncc[nH]1. The largest absolute Gasteiger partial charge is 0.380 e. The summed E-state index contributed by atoms with van der Waals surface area (Å²) in [6.07, 6.45) is 2.56. The van der Waals surface area contributed by atoms with Crippen LogP contribution in [0.25, 0.3) is 0 Å². The maximum absolute atomic E-state index is 9.83. The highest BCUT2D eigenvalue weighted by atomic mass is 35.5. The van der Waals surface area contributed by atoms with E-state index in [2.05, 4.69) is 9.97 Å². The van der Waals surface area contributed by atoms with Gasteiger partial charge in [0.05, 0.1) is 0 Å². The third-order valence-corrected chi connectivity index (χ3v) is 2.22. The van der Waals surface area contributed by atoms with E-state index in [1.54, 1.807) is 36.7 Å². The normalized spacial score (nSPS) is 12.7. The molecule has 0 bridgehead atoms. The average molecular weight is 209 g/mol. The summed E-state index contributed by atoms with van der Waals surface area (Å²) in [4.78, 5) is 6.83. The lowest BCUT2D eigenvalue weighted by atomic mass is 10.1. The van der Waals surface area contributed by atoms with Gasteiger partial charge in [0.25, 0.3) is 0 Å². The maximum atomic E-state index is 9.83. The van der Waals surface area contributed by atoms with Crippen LogP contribution in [0.1, 0.15) is 17.5 Å². The van der Waals surface area contributed by atoms with E-state index < -0.39 is 6.10 Å². The zero-order chi connectivity index (χ0) is 9.97. The molecule has 0 saturated carbocycles. The van der Waals surface area contributed by atoms with Crippen molar-refractivity contribution in [2.24, 2.45) is 0 Å². The fraction of sp³-hybridized carbons (Fsp3) is 0.100. The molecule has 14 heavy (non-hydrogen) atoms. The highest BCUT2D eigenvalue weighted by Crippen LogP contribution is 2.20. The molecule has 1 atom stereocenters. The quantitative estimate of drug-likeness (QED) is 0.795. The Kier molecular flexibility index (Phi) is 2.52. The lowest BCUT2D eigenvalue weighted by molar-refractivity contribution is 0.211. The molecule has 2 aromatic rings. The molecule has 2 rings (SSSR count). The van der Waals surface area contributed by atoms with Crippen LogP contribution in [0.15, 0.2) is 36.7 Å². The van der Waals surface area contributed by atoms with Gasteiger partial charge in [-0.25, -0.2) is 4.98 Å². The highest BCUT2D eigenvalue weighted by molar-refractivity contribution is 6.30.